The van der Waals surface area contributed by atoms with Crippen LogP contribution in [-0.4, -0.2) is 34.4 Å². The molecular formula is C46H64Cl2N2PRu+. The van der Waals surface area contributed by atoms with Crippen molar-refractivity contribution in [2.24, 2.45) is 0 Å². The Kier molecular flexibility index (Phi) is 14.6. The van der Waals surface area contributed by atoms with E-state index in [0.29, 0.717) is 0 Å². The molecule has 1 heterocycles. The maximum absolute atomic E-state index is 6.63. The normalized spacial score (nSPS) is 21.5. The van der Waals surface area contributed by atoms with Gasteiger partial charge in [-0.15, -0.1) is 0 Å². The third-order valence-electron chi connectivity index (χ3n) is 12.3. The Hall–Kier alpha value is -1.50. The average molecular weight is 848 g/mol. The molecule has 1 saturated heterocycles. The molecule has 4 fully saturated rings. The summed E-state index contributed by atoms with van der Waals surface area (Å²) in [4.78, 5) is 4.73. The van der Waals surface area contributed by atoms with Gasteiger partial charge in [0.05, 0.1) is 17.0 Å². The van der Waals surface area contributed by atoms with Gasteiger partial charge < -0.3 is 0 Å². The topological polar surface area (TPSA) is 6.48 Å². The number of anilines is 2. The van der Waals surface area contributed by atoms with Crippen LogP contribution in [-0.2, 0) is 13.5 Å². The first-order valence-corrected chi connectivity index (χ1v) is 27.4. The molecule has 0 amide bonds. The van der Waals surface area contributed by atoms with E-state index in [9.17, 15) is 0 Å². The van der Waals surface area contributed by atoms with E-state index in [2.05, 4.69) is 112 Å². The summed E-state index contributed by atoms with van der Waals surface area (Å²) in [6, 6.07) is 20.2. The Morgan fingerprint density at radius 2 is 1.04 bits per heavy atom. The number of allylic oxidation sites excluding steroid dienone is 1. The Morgan fingerprint density at radius 1 is 0.596 bits per heavy atom. The number of aryl methyl sites for hydroxylation is 6. The van der Waals surface area contributed by atoms with Gasteiger partial charge in [0.25, 0.3) is 0 Å². The van der Waals surface area contributed by atoms with Gasteiger partial charge >= 0.3 is 171 Å². The second-order valence-corrected chi connectivity index (χ2v) is 25.3. The molecule has 4 aliphatic rings. The van der Waals surface area contributed by atoms with E-state index in [-0.39, 0.29) is 7.92 Å². The average Bonchev–Trinajstić information content (AvgIpc) is 3.54. The molecule has 3 aliphatic carbocycles. The van der Waals surface area contributed by atoms with Gasteiger partial charge in [0, 0.05) is 7.92 Å². The van der Waals surface area contributed by atoms with Gasteiger partial charge in [0.2, 0.25) is 0 Å². The summed E-state index contributed by atoms with van der Waals surface area (Å²) in [5.41, 5.74) is 16.8. The van der Waals surface area contributed by atoms with Gasteiger partial charge in [-0.05, 0) is 88.2 Å². The first-order valence-electron chi connectivity index (χ1n) is 20.3. The molecule has 1 aliphatic heterocycles. The van der Waals surface area contributed by atoms with E-state index >= 15 is 0 Å². The molecule has 3 saturated carbocycles. The van der Waals surface area contributed by atoms with E-state index in [1.54, 1.807) is 25.7 Å². The molecule has 3 aromatic rings. The van der Waals surface area contributed by atoms with Crippen molar-refractivity contribution in [3.05, 3.63) is 99.1 Å². The zero-order chi connectivity index (χ0) is 36.8. The summed E-state index contributed by atoms with van der Waals surface area (Å²) in [6.07, 6.45) is 23.8. The molecule has 3 aromatic carbocycles. The van der Waals surface area contributed by atoms with Crippen LogP contribution in [0.25, 0.3) is 6.08 Å². The van der Waals surface area contributed by atoms with Gasteiger partial charge in [-0.3, -0.25) is 0 Å². The molecule has 0 bridgehead atoms. The molecule has 1 atom stereocenters. The maximum atomic E-state index is 6.63. The summed E-state index contributed by atoms with van der Waals surface area (Å²) in [7, 11) is 13.0. The first kappa shape index (κ1) is 40.2. The molecule has 0 aromatic heterocycles. The van der Waals surface area contributed by atoms with E-state index in [4.69, 9.17) is 19.4 Å². The molecule has 284 valence electrons. The summed E-state index contributed by atoms with van der Waals surface area (Å²) in [5.74, 6) is 0. The Labute approximate surface area is 331 Å². The van der Waals surface area contributed by atoms with E-state index < -0.39 is 13.5 Å². The van der Waals surface area contributed by atoms with Gasteiger partial charge in [-0.2, -0.15) is 0 Å². The molecule has 1 unspecified atom stereocenters. The summed E-state index contributed by atoms with van der Waals surface area (Å²) in [5, 5.41) is 0. The van der Waals surface area contributed by atoms with Crippen LogP contribution in [0.15, 0.2) is 60.2 Å². The number of hydrogen-bond acceptors (Lipinski definition) is 2. The molecule has 0 spiro atoms. The third-order valence-corrected chi connectivity index (χ3v) is 19.7. The van der Waals surface area contributed by atoms with E-state index in [0.717, 1.165) is 34.4 Å². The van der Waals surface area contributed by atoms with Crippen molar-refractivity contribution >= 4 is 49.1 Å². The van der Waals surface area contributed by atoms with Crippen molar-refractivity contribution in [2.75, 3.05) is 22.9 Å². The second kappa shape index (κ2) is 18.9. The van der Waals surface area contributed by atoms with Gasteiger partial charge in [-0.25, -0.2) is 0 Å². The predicted octanol–water partition coefficient (Wildman–Crippen LogP) is 13.8. The summed E-state index contributed by atoms with van der Waals surface area (Å²) >= 11 is -2.12. The summed E-state index contributed by atoms with van der Waals surface area (Å²) in [6.45, 7) is 14.8. The molecule has 0 radical (unpaired) electrons. The fourth-order valence-electron chi connectivity index (χ4n) is 10.4. The standard InChI is InChI=1S/C25H37P.C21H26N2.2ClH.Ru/c1-4-12-21(13-5-1)20-22-14-10-11-19-25(22)26(23-15-6-2-7-16-23)24-17-8-3-9-18-24;1-14-9-16(3)20(17(4)10-14)22-7-8-23(13-22)21-18(5)11-15(2)12-19(21)6;;;/h1,4-5,12-13,20,23-25H,2-3,6-11,14-19H2;9-12H,7-8H2,1-6H3;2*1H;/q;;;;+2/p-1. The molecular weight excluding hydrogens is 783 g/mol. The number of benzene rings is 3. The van der Waals surface area contributed by atoms with Crippen LogP contribution < -0.4 is 9.80 Å². The van der Waals surface area contributed by atoms with Gasteiger partial charge in [0.1, 0.15) is 0 Å². The molecule has 7 rings (SSSR count). The monoisotopic (exact) mass is 847 g/mol. The van der Waals surface area contributed by atoms with Crippen LogP contribution >= 0.6 is 27.3 Å². The molecule has 0 N–H and O–H groups in total. The van der Waals surface area contributed by atoms with Crippen LogP contribution in [0, 0.1) is 41.5 Å². The zero-order valence-corrected chi connectivity index (χ0v) is 37.1. The van der Waals surface area contributed by atoms with Crippen LogP contribution in [0.5, 0.6) is 0 Å². The first-order chi connectivity index (χ1) is 25.1. The van der Waals surface area contributed by atoms with Crippen molar-refractivity contribution < 1.29 is 13.5 Å². The minimum atomic E-state index is -2.12. The quantitative estimate of drug-likeness (QED) is 0.180. The van der Waals surface area contributed by atoms with Crippen LogP contribution in [0.3, 0.4) is 0 Å². The van der Waals surface area contributed by atoms with Crippen LogP contribution in [0.1, 0.15) is 129 Å². The summed E-state index contributed by atoms with van der Waals surface area (Å²) < 4.78 is 1.10. The molecule has 2 nitrogen and oxygen atoms in total. The Morgan fingerprint density at radius 3 is 1.48 bits per heavy atom. The van der Waals surface area contributed by atoms with Crippen molar-refractivity contribution in [3.63, 3.8) is 0 Å². The predicted molar refractivity (Wildman–Crippen MR) is 231 cm³/mol. The fraction of sp³-hybridized carbons (Fsp3) is 0.543. The van der Waals surface area contributed by atoms with Crippen LogP contribution in [0.4, 0.5) is 11.4 Å². The second-order valence-electron chi connectivity index (χ2n) is 16.3. The van der Waals surface area contributed by atoms with E-state index in [1.807, 2.05) is 5.57 Å². The number of halogens is 2. The van der Waals surface area contributed by atoms with Gasteiger partial charge in [-0.1, -0.05) is 49.2 Å². The minimum absolute atomic E-state index is 0.282. The molecule has 52 heavy (non-hydrogen) atoms. The third kappa shape index (κ3) is 9.65. The van der Waals surface area contributed by atoms with Crippen molar-refractivity contribution in [3.8, 4) is 0 Å². The van der Waals surface area contributed by atoms with Gasteiger partial charge in [0.15, 0.2) is 0 Å². The SMILES string of the molecule is C(=C1CCCCC1[PH+](C1CCCCC1)C1CCCCC1)c1ccccc1.Cc1cc(C)c(N2CCN(c3c(C)cc(C)cc3C)[C]2=[Ru]([Cl])[Cl])c(C)c1. The Bertz CT molecular complexity index is 1590. The molecule has 6 heteroatoms. The number of nitrogens with zero attached hydrogens (tertiary/aromatic N) is 2. The Balaban J connectivity index is 0.000000179. The van der Waals surface area contributed by atoms with Crippen LogP contribution in [0.2, 0.25) is 0 Å². The van der Waals surface area contributed by atoms with Crippen molar-refractivity contribution in [1.82, 2.24) is 0 Å². The zero-order valence-electron chi connectivity index (χ0n) is 32.8. The number of rotatable bonds is 6. The van der Waals surface area contributed by atoms with E-state index in [1.165, 1.54) is 115 Å². The van der Waals surface area contributed by atoms with Crippen molar-refractivity contribution in [2.45, 2.75) is 148 Å². The number of hydrogen-bond donors (Lipinski definition) is 0. The fourth-order valence-corrected chi connectivity index (χ4v) is 18.7. The van der Waals surface area contributed by atoms with Crippen molar-refractivity contribution in [1.29, 1.82) is 0 Å².